The van der Waals surface area contributed by atoms with E-state index in [-0.39, 0.29) is 24.9 Å². The quantitative estimate of drug-likeness (QED) is 0.112. The summed E-state index contributed by atoms with van der Waals surface area (Å²) in [5.74, 6) is -0.986. The third kappa shape index (κ3) is 8.31. The van der Waals surface area contributed by atoms with E-state index in [1.54, 1.807) is 67.8 Å². The number of methoxy groups -OCH3 is 2. The molecular formula is C40H31Cl4F2NO6. The van der Waals surface area contributed by atoms with E-state index in [4.69, 9.17) is 60.6 Å². The first-order valence-electron chi connectivity index (χ1n) is 16.3. The van der Waals surface area contributed by atoms with Gasteiger partial charge in [0.1, 0.15) is 23.1 Å². The topological polar surface area (TPSA) is 88.6 Å². The first-order valence-corrected chi connectivity index (χ1v) is 17.8. The van der Waals surface area contributed by atoms with Crippen molar-refractivity contribution in [3.05, 3.63) is 139 Å². The highest BCUT2D eigenvalue weighted by Gasteiger charge is 2.36. The molecule has 53 heavy (non-hydrogen) atoms. The van der Waals surface area contributed by atoms with Crippen LogP contribution in [0.25, 0.3) is 22.3 Å². The molecule has 5 aromatic carbocycles. The minimum absolute atomic E-state index is 0.0661. The monoisotopic (exact) mass is 799 g/mol. The number of β-amino-alcohol motifs (C(OH)–C–C–N with tert-alkyl or cyclic N) is 1. The van der Waals surface area contributed by atoms with E-state index >= 15 is 0 Å². The normalized spacial score (nSPS) is 15.1. The van der Waals surface area contributed by atoms with Crippen molar-refractivity contribution >= 4 is 58.2 Å². The summed E-state index contributed by atoms with van der Waals surface area (Å²) in [5.41, 5.74) is 3.58. The standard InChI is InChI=1S/C24H18Cl2FNO4.C16H13Cl2FO2/c1-32-22-13(9-14(27)11-18(22)21-19(25)7-4-8-20(21)26)10-15(29)12-28-23(30)16-5-2-3-6-17(16)24(28)31;1-20-16-9(6-11-8-21-11)5-10(19)7-12(16)15-13(17)3-2-4-14(15)18/h2-9,11,15,29H,10,12H2,1H3;2-5,7,11H,6,8H2,1H3/t15-;11-/m00/s1. The third-order valence-electron chi connectivity index (χ3n) is 8.71. The van der Waals surface area contributed by atoms with Gasteiger partial charge in [0.25, 0.3) is 11.8 Å². The number of ether oxygens (including phenoxy) is 3. The maximum Gasteiger partial charge on any atom is 0.261 e. The predicted octanol–water partition coefficient (Wildman–Crippen LogP) is 9.76. The minimum atomic E-state index is -1.15. The van der Waals surface area contributed by atoms with Gasteiger partial charge in [-0.05, 0) is 60.7 Å². The van der Waals surface area contributed by atoms with E-state index in [1.807, 2.05) is 0 Å². The Morgan fingerprint density at radius 1 is 0.717 bits per heavy atom. The van der Waals surface area contributed by atoms with Crippen molar-refractivity contribution in [1.82, 2.24) is 4.90 Å². The second-order valence-corrected chi connectivity index (χ2v) is 13.9. The lowest BCUT2D eigenvalue weighted by Crippen LogP contribution is -2.37. The Morgan fingerprint density at radius 3 is 1.58 bits per heavy atom. The SMILES string of the molecule is COc1c(C[C@H](O)CN2C(=O)c3ccccc3C2=O)cc(F)cc1-c1c(Cl)cccc1Cl.COc1c(C[C@H]2CO2)cc(F)cc1-c1c(Cl)cccc1Cl. The Labute approximate surface area is 324 Å². The molecule has 0 spiro atoms. The van der Waals surface area contributed by atoms with Crippen molar-refractivity contribution in [2.24, 2.45) is 0 Å². The molecule has 0 unspecified atom stereocenters. The van der Waals surface area contributed by atoms with E-state index in [2.05, 4.69) is 0 Å². The summed E-state index contributed by atoms with van der Waals surface area (Å²) >= 11 is 25.1. The average molecular weight is 801 g/mol. The molecule has 0 aromatic heterocycles. The number of amides is 2. The maximum absolute atomic E-state index is 14.5. The molecule has 0 bridgehead atoms. The first-order chi connectivity index (χ1) is 25.4. The molecule has 2 aliphatic rings. The van der Waals surface area contributed by atoms with E-state index in [0.717, 1.165) is 10.5 Å². The number of fused-ring (bicyclic) bond motifs is 1. The summed E-state index contributed by atoms with van der Waals surface area (Å²) in [7, 11) is 2.97. The fourth-order valence-corrected chi connectivity index (χ4v) is 7.53. The minimum Gasteiger partial charge on any atom is -0.496 e. The molecule has 2 amide bonds. The molecule has 7 rings (SSSR count). The lowest BCUT2D eigenvalue weighted by atomic mass is 9.97. The van der Waals surface area contributed by atoms with Crippen LogP contribution < -0.4 is 9.47 Å². The zero-order valence-corrected chi connectivity index (χ0v) is 31.3. The summed E-state index contributed by atoms with van der Waals surface area (Å²) in [6, 6.07) is 21.9. The van der Waals surface area contributed by atoms with Gasteiger partial charge in [0.15, 0.2) is 0 Å². The lowest BCUT2D eigenvalue weighted by Gasteiger charge is -2.21. The first kappa shape index (κ1) is 38.5. The predicted molar refractivity (Wildman–Crippen MR) is 202 cm³/mol. The van der Waals surface area contributed by atoms with Gasteiger partial charge < -0.3 is 19.3 Å². The highest BCUT2D eigenvalue weighted by Crippen LogP contribution is 2.44. The molecule has 2 atom stereocenters. The van der Waals surface area contributed by atoms with Crippen LogP contribution in [0.4, 0.5) is 8.78 Å². The van der Waals surface area contributed by atoms with Crippen molar-refractivity contribution in [2.45, 2.75) is 25.0 Å². The van der Waals surface area contributed by atoms with Crippen LogP contribution in [0, 0.1) is 11.6 Å². The zero-order chi connectivity index (χ0) is 38.0. The number of hydrogen-bond acceptors (Lipinski definition) is 6. The van der Waals surface area contributed by atoms with E-state index in [0.29, 0.717) is 83.6 Å². The number of hydrogen-bond donors (Lipinski definition) is 1. The average Bonchev–Trinajstić information content (AvgIpc) is 3.90. The fourth-order valence-electron chi connectivity index (χ4n) is 6.33. The van der Waals surface area contributed by atoms with E-state index in [1.165, 1.54) is 31.4 Å². The highest BCUT2D eigenvalue weighted by atomic mass is 35.5. The molecule has 0 radical (unpaired) electrons. The molecule has 1 fully saturated rings. The number of rotatable bonds is 10. The molecule has 2 heterocycles. The fraction of sp³-hybridized carbons (Fsp3) is 0.200. The smallest absolute Gasteiger partial charge is 0.261 e. The van der Waals surface area contributed by atoms with Crippen molar-refractivity contribution in [3.8, 4) is 33.8 Å². The Balaban J connectivity index is 0.000000198. The van der Waals surface area contributed by atoms with Crippen LogP contribution >= 0.6 is 46.4 Å². The number of epoxide rings is 1. The molecule has 274 valence electrons. The van der Waals surface area contributed by atoms with Crippen molar-refractivity contribution in [2.75, 3.05) is 27.4 Å². The van der Waals surface area contributed by atoms with Crippen molar-refractivity contribution in [1.29, 1.82) is 0 Å². The number of nitrogens with zero attached hydrogens (tertiary/aromatic N) is 1. The molecular weight excluding hydrogens is 770 g/mol. The van der Waals surface area contributed by atoms with E-state index in [9.17, 15) is 23.5 Å². The number of benzene rings is 5. The van der Waals surface area contributed by atoms with Crippen LogP contribution in [0.2, 0.25) is 20.1 Å². The summed E-state index contributed by atoms with van der Waals surface area (Å²) in [4.78, 5) is 26.1. The van der Waals surface area contributed by atoms with Gasteiger partial charge in [-0.3, -0.25) is 14.5 Å². The molecule has 2 aliphatic heterocycles. The number of aliphatic hydroxyl groups excluding tert-OH is 1. The second-order valence-electron chi connectivity index (χ2n) is 12.3. The highest BCUT2D eigenvalue weighted by molar-refractivity contribution is 6.40. The lowest BCUT2D eigenvalue weighted by molar-refractivity contribution is 0.0543. The van der Waals surface area contributed by atoms with Gasteiger partial charge in [-0.1, -0.05) is 70.7 Å². The van der Waals surface area contributed by atoms with Gasteiger partial charge in [0.05, 0.1) is 70.8 Å². The molecule has 13 heteroatoms. The Kier molecular flexibility index (Phi) is 11.9. The molecule has 0 saturated carbocycles. The Hall–Kier alpha value is -4.22. The molecule has 0 aliphatic carbocycles. The van der Waals surface area contributed by atoms with Crippen molar-refractivity contribution < 1.29 is 37.7 Å². The number of halogens is 6. The molecule has 5 aromatic rings. The third-order valence-corrected chi connectivity index (χ3v) is 9.97. The molecule has 1 N–H and O–H groups in total. The summed E-state index contributed by atoms with van der Waals surface area (Å²) in [6.07, 6.45) is -0.475. The van der Waals surface area contributed by atoms with Crippen LogP contribution in [-0.4, -0.2) is 61.4 Å². The van der Waals surface area contributed by atoms with Gasteiger partial charge in [-0.2, -0.15) is 0 Å². The van der Waals surface area contributed by atoms with Gasteiger partial charge in [-0.15, -0.1) is 0 Å². The number of carbonyl (C=O) groups is 2. The molecule has 1 saturated heterocycles. The van der Waals surface area contributed by atoms with Crippen molar-refractivity contribution in [3.63, 3.8) is 0 Å². The Morgan fingerprint density at radius 2 is 1.15 bits per heavy atom. The molecule has 7 nitrogen and oxygen atoms in total. The van der Waals surface area contributed by atoms with Gasteiger partial charge >= 0.3 is 0 Å². The largest absolute Gasteiger partial charge is 0.496 e. The van der Waals surface area contributed by atoms with Crippen LogP contribution in [0.1, 0.15) is 31.8 Å². The second kappa shape index (κ2) is 16.4. The Bertz CT molecular complexity index is 2140. The van der Waals surface area contributed by atoms with Crippen LogP contribution in [-0.2, 0) is 17.6 Å². The summed E-state index contributed by atoms with van der Waals surface area (Å²) in [5, 5.41) is 12.2. The van der Waals surface area contributed by atoms with Gasteiger partial charge in [-0.25, -0.2) is 8.78 Å². The van der Waals surface area contributed by atoms with Crippen LogP contribution in [0.15, 0.2) is 84.9 Å². The number of imide groups is 1. The van der Waals surface area contributed by atoms with Gasteiger partial charge in [0.2, 0.25) is 0 Å². The summed E-state index contributed by atoms with van der Waals surface area (Å²) in [6.45, 7) is 0.454. The number of aliphatic hydroxyl groups is 1. The van der Waals surface area contributed by atoms with Crippen LogP contribution in [0.5, 0.6) is 11.5 Å². The zero-order valence-electron chi connectivity index (χ0n) is 28.3. The number of carbonyl (C=O) groups excluding carboxylic acids is 2. The van der Waals surface area contributed by atoms with E-state index < -0.39 is 23.7 Å². The maximum atomic E-state index is 14.5. The summed E-state index contributed by atoms with van der Waals surface area (Å²) < 4.78 is 44.7. The van der Waals surface area contributed by atoms with Crippen LogP contribution in [0.3, 0.4) is 0 Å². The van der Waals surface area contributed by atoms with Gasteiger partial charge in [0, 0.05) is 46.2 Å².